The molecule has 184 valence electrons. The molecule has 0 fully saturated rings. The highest BCUT2D eigenvalue weighted by atomic mass is 35.5. The second kappa shape index (κ2) is 10.8. The van der Waals surface area contributed by atoms with Gasteiger partial charge in [0.2, 0.25) is 0 Å². The molecule has 0 aliphatic heterocycles. The van der Waals surface area contributed by atoms with E-state index in [0.717, 1.165) is 16.9 Å². The van der Waals surface area contributed by atoms with Crippen LogP contribution in [0.3, 0.4) is 0 Å². The Morgan fingerprint density at radius 1 is 0.889 bits per heavy atom. The quantitative estimate of drug-likeness (QED) is 0.224. The summed E-state index contributed by atoms with van der Waals surface area (Å²) >= 11 is 7.74. The van der Waals surface area contributed by atoms with Gasteiger partial charge in [-0.3, -0.25) is 0 Å². The summed E-state index contributed by atoms with van der Waals surface area (Å²) in [5.41, 5.74) is 2.26. The van der Waals surface area contributed by atoms with E-state index in [1.165, 1.54) is 16.6 Å². The minimum Gasteiger partial charge on any atom is -0.215 e. The fraction of sp³-hybridized carbons (Fsp3) is 0.0800. The molecule has 1 N–H and O–H groups in total. The van der Waals surface area contributed by atoms with E-state index in [-0.39, 0.29) is 27.2 Å². The molecular formula is C25H20ClN3O4S3. The van der Waals surface area contributed by atoms with Crippen LogP contribution < -0.4 is 4.72 Å². The second-order valence-corrected chi connectivity index (χ2v) is 12.9. The van der Waals surface area contributed by atoms with Crippen molar-refractivity contribution in [3.05, 3.63) is 106 Å². The predicted octanol–water partition coefficient (Wildman–Crippen LogP) is 5.22. The number of nitrogens with one attached hydrogen (secondary N) is 1. The van der Waals surface area contributed by atoms with E-state index in [1.54, 1.807) is 53.9 Å². The summed E-state index contributed by atoms with van der Waals surface area (Å²) in [5.74, 6) is 0. The third-order valence-electron chi connectivity index (χ3n) is 5.36. The van der Waals surface area contributed by atoms with E-state index < -0.39 is 20.0 Å². The van der Waals surface area contributed by atoms with Crippen LogP contribution in [-0.4, -0.2) is 21.1 Å². The van der Waals surface area contributed by atoms with Gasteiger partial charge in [0.05, 0.1) is 4.90 Å². The molecule has 0 amide bonds. The van der Waals surface area contributed by atoms with E-state index in [9.17, 15) is 16.8 Å². The Labute approximate surface area is 219 Å². The first kappa shape index (κ1) is 25.9. The maximum Gasteiger partial charge on any atom is 0.270 e. The van der Waals surface area contributed by atoms with Crippen LogP contribution in [-0.2, 0) is 33.1 Å². The smallest absolute Gasteiger partial charge is 0.215 e. The Kier molecular flexibility index (Phi) is 7.78. The molecule has 0 radical (unpaired) electrons. The lowest BCUT2D eigenvalue weighted by Crippen LogP contribution is -2.29. The van der Waals surface area contributed by atoms with Gasteiger partial charge in [0.25, 0.3) is 20.0 Å². The number of halogens is 1. The molecule has 0 aliphatic carbocycles. The Hall–Kier alpha value is -3.20. The number of benzene rings is 3. The molecule has 11 heteroatoms. The van der Waals surface area contributed by atoms with Gasteiger partial charge < -0.3 is 0 Å². The molecule has 0 unspecified atom stereocenters. The highest BCUT2D eigenvalue weighted by Crippen LogP contribution is 2.32. The first-order valence-corrected chi connectivity index (χ1v) is 14.8. The number of nitrogens with zero attached hydrogens (tertiary/aromatic N) is 2. The zero-order valence-electron chi connectivity index (χ0n) is 18.7. The maximum absolute atomic E-state index is 13.4. The Morgan fingerprint density at radius 2 is 1.61 bits per heavy atom. The number of rotatable bonds is 9. The van der Waals surface area contributed by atoms with Crippen molar-refractivity contribution in [3.63, 3.8) is 0 Å². The second-order valence-electron chi connectivity index (χ2n) is 7.71. The van der Waals surface area contributed by atoms with Crippen molar-refractivity contribution >= 4 is 43.0 Å². The lowest BCUT2D eigenvalue weighted by Gasteiger charge is -2.22. The van der Waals surface area contributed by atoms with Crippen molar-refractivity contribution in [2.75, 3.05) is 0 Å². The van der Waals surface area contributed by atoms with Crippen molar-refractivity contribution in [2.45, 2.75) is 22.2 Å². The van der Waals surface area contributed by atoms with Crippen molar-refractivity contribution in [1.29, 1.82) is 5.26 Å². The fourth-order valence-electron chi connectivity index (χ4n) is 3.64. The van der Waals surface area contributed by atoms with Crippen molar-refractivity contribution in [3.8, 4) is 17.3 Å². The van der Waals surface area contributed by atoms with E-state index in [0.29, 0.717) is 16.7 Å². The third-order valence-corrected chi connectivity index (χ3v) is 10.2. The standard InChI is InChI=1S/C25H20ClN3O4S3/c26-23-15-20(22-9-4-5-10-24(22)35(30,31)28-18-27)12-13-21(23)17-29(16-19-7-2-1-3-8-19)36(32,33)25-11-6-14-34-25/h1-15,28H,16-17H2. The van der Waals surface area contributed by atoms with Gasteiger partial charge in [-0.15, -0.1) is 11.3 Å². The topological polar surface area (TPSA) is 107 Å². The maximum atomic E-state index is 13.4. The molecule has 0 spiro atoms. The van der Waals surface area contributed by atoms with Gasteiger partial charge in [0, 0.05) is 23.7 Å². The number of nitriles is 1. The van der Waals surface area contributed by atoms with Gasteiger partial charge in [-0.2, -0.15) is 9.57 Å². The summed E-state index contributed by atoms with van der Waals surface area (Å²) in [6.07, 6.45) is 1.45. The first-order valence-electron chi connectivity index (χ1n) is 10.6. The van der Waals surface area contributed by atoms with Crippen molar-refractivity contribution in [1.82, 2.24) is 9.03 Å². The van der Waals surface area contributed by atoms with E-state index in [1.807, 2.05) is 35.1 Å². The van der Waals surface area contributed by atoms with Crippen molar-refractivity contribution in [2.24, 2.45) is 0 Å². The summed E-state index contributed by atoms with van der Waals surface area (Å²) in [6.45, 7) is 0.171. The zero-order chi connectivity index (χ0) is 25.8. The van der Waals surface area contributed by atoms with E-state index in [4.69, 9.17) is 16.9 Å². The van der Waals surface area contributed by atoms with Gasteiger partial charge >= 0.3 is 0 Å². The van der Waals surface area contributed by atoms with Gasteiger partial charge in [0.1, 0.15) is 4.21 Å². The van der Waals surface area contributed by atoms with Gasteiger partial charge in [0.15, 0.2) is 6.19 Å². The molecular weight excluding hydrogens is 538 g/mol. The highest BCUT2D eigenvalue weighted by molar-refractivity contribution is 7.91. The SMILES string of the molecule is N#CNS(=O)(=O)c1ccccc1-c1ccc(CN(Cc2ccccc2)S(=O)(=O)c2cccs2)c(Cl)c1. The number of hydrogen-bond donors (Lipinski definition) is 1. The summed E-state index contributed by atoms with van der Waals surface area (Å²) in [6, 6.07) is 23.7. The molecule has 7 nitrogen and oxygen atoms in total. The van der Waals surface area contributed by atoms with Crippen LogP contribution >= 0.6 is 22.9 Å². The minimum absolute atomic E-state index is 0.0180. The van der Waals surface area contributed by atoms with Crippen LogP contribution in [0.15, 0.2) is 99.4 Å². The summed E-state index contributed by atoms with van der Waals surface area (Å²) in [4.78, 5) is -0.0682. The third kappa shape index (κ3) is 5.61. The minimum atomic E-state index is -4.05. The van der Waals surface area contributed by atoms with E-state index >= 15 is 0 Å². The number of thiophene rings is 1. The predicted molar refractivity (Wildman–Crippen MR) is 140 cm³/mol. The molecule has 4 rings (SSSR count). The molecule has 1 heterocycles. The van der Waals surface area contributed by atoms with E-state index in [2.05, 4.69) is 0 Å². The van der Waals surface area contributed by atoms with Gasteiger partial charge in [-0.25, -0.2) is 21.6 Å². The van der Waals surface area contributed by atoms with Crippen LogP contribution in [0.1, 0.15) is 11.1 Å². The van der Waals surface area contributed by atoms with Crippen molar-refractivity contribution < 1.29 is 16.8 Å². The fourth-order valence-corrected chi connectivity index (χ4v) is 7.39. The Bertz CT molecular complexity index is 1620. The van der Waals surface area contributed by atoms with Crippen LogP contribution in [0.5, 0.6) is 0 Å². The highest BCUT2D eigenvalue weighted by Gasteiger charge is 2.27. The van der Waals surface area contributed by atoms with Crippen LogP contribution in [0.2, 0.25) is 5.02 Å². The lowest BCUT2D eigenvalue weighted by molar-refractivity contribution is 0.402. The first-order chi connectivity index (χ1) is 17.2. The summed E-state index contributed by atoms with van der Waals surface area (Å²) in [7, 11) is -7.84. The van der Waals surface area contributed by atoms with Crippen LogP contribution in [0.25, 0.3) is 11.1 Å². The Balaban J connectivity index is 1.70. The normalized spacial score (nSPS) is 11.8. The zero-order valence-corrected chi connectivity index (χ0v) is 21.9. The number of hydrogen-bond acceptors (Lipinski definition) is 6. The molecule has 36 heavy (non-hydrogen) atoms. The molecule has 4 aromatic rings. The largest absolute Gasteiger partial charge is 0.270 e. The average molecular weight is 558 g/mol. The molecule has 0 aliphatic rings. The average Bonchev–Trinajstić information content (AvgIpc) is 3.41. The Morgan fingerprint density at radius 3 is 2.28 bits per heavy atom. The monoisotopic (exact) mass is 557 g/mol. The van der Waals surface area contributed by atoms with Gasteiger partial charge in [-0.05, 0) is 40.3 Å². The van der Waals surface area contributed by atoms with Gasteiger partial charge in [-0.1, -0.05) is 78.3 Å². The number of sulfonamides is 2. The molecule has 1 aromatic heterocycles. The van der Waals surface area contributed by atoms with Crippen LogP contribution in [0, 0.1) is 11.5 Å². The molecule has 0 atom stereocenters. The molecule has 0 bridgehead atoms. The molecule has 0 saturated heterocycles. The summed E-state index contributed by atoms with van der Waals surface area (Å²) < 4.78 is 55.2. The molecule has 0 saturated carbocycles. The lowest BCUT2D eigenvalue weighted by atomic mass is 10.0. The molecule has 3 aromatic carbocycles. The van der Waals surface area contributed by atoms with Crippen LogP contribution in [0.4, 0.5) is 0 Å². The summed E-state index contributed by atoms with van der Waals surface area (Å²) in [5, 5.41) is 10.8.